The van der Waals surface area contributed by atoms with Gasteiger partial charge in [0.05, 0.1) is 5.41 Å². The second-order valence-corrected chi connectivity index (χ2v) is 6.50. The maximum atomic E-state index is 11.6. The topological polar surface area (TPSA) is 40.5 Å². The third-order valence-electron chi connectivity index (χ3n) is 3.33. The average molecular weight is 328 g/mol. The van der Waals surface area contributed by atoms with Gasteiger partial charge in [0.15, 0.2) is 0 Å². The summed E-state index contributed by atoms with van der Waals surface area (Å²) < 4.78 is 0.992. The Kier molecular flexibility index (Phi) is 6.01. The van der Waals surface area contributed by atoms with Crippen LogP contribution < -0.4 is 0 Å². The third kappa shape index (κ3) is 5.33. The molecule has 106 valence electrons. The van der Waals surface area contributed by atoms with E-state index in [1.165, 1.54) is 0 Å². The second kappa shape index (κ2) is 7.06. The summed E-state index contributed by atoms with van der Waals surface area (Å²) >= 11 is 3.42. The van der Waals surface area contributed by atoms with Crippen molar-refractivity contribution in [1.29, 1.82) is 0 Å². The minimum atomic E-state index is -0.716. The highest BCUT2D eigenvalue weighted by Gasteiger charge is 2.32. The van der Waals surface area contributed by atoms with E-state index in [2.05, 4.69) is 20.8 Å². The summed E-state index contributed by atoms with van der Waals surface area (Å²) in [5.41, 5.74) is 0.362. The molecule has 0 saturated carbocycles. The maximum absolute atomic E-state index is 11.6. The van der Waals surface area contributed by atoms with Crippen molar-refractivity contribution < 1.29 is 9.90 Å². The van der Waals surface area contributed by atoms with Gasteiger partial charge < -0.3 is 10.0 Å². The molecule has 1 atom stereocenters. The largest absolute Gasteiger partial charge is 0.481 e. The summed E-state index contributed by atoms with van der Waals surface area (Å²) in [4.78, 5) is 13.6. The zero-order chi connectivity index (χ0) is 14.5. The molecule has 0 radical (unpaired) electrons. The van der Waals surface area contributed by atoms with E-state index in [4.69, 9.17) is 0 Å². The number of carbonyl (C=O) groups is 1. The molecule has 0 bridgehead atoms. The zero-order valence-corrected chi connectivity index (χ0v) is 13.4. The van der Waals surface area contributed by atoms with Crippen LogP contribution in [0.3, 0.4) is 0 Å². The fraction of sp³-hybridized carbons (Fsp3) is 0.533. The van der Waals surface area contributed by atoms with E-state index in [9.17, 15) is 9.90 Å². The smallest absolute Gasteiger partial charge is 0.309 e. The first-order valence-corrected chi connectivity index (χ1v) is 7.25. The van der Waals surface area contributed by atoms with Gasteiger partial charge in [0.25, 0.3) is 0 Å². The van der Waals surface area contributed by atoms with Crippen LogP contribution in [0, 0.1) is 5.41 Å². The van der Waals surface area contributed by atoms with Crippen LogP contribution in [0.2, 0.25) is 0 Å². The van der Waals surface area contributed by atoms with Crippen LogP contribution in [0.15, 0.2) is 28.7 Å². The van der Waals surface area contributed by atoms with Gasteiger partial charge in [0.1, 0.15) is 0 Å². The fourth-order valence-corrected chi connectivity index (χ4v) is 2.60. The lowest BCUT2D eigenvalue weighted by molar-refractivity contribution is -0.148. The Morgan fingerprint density at radius 3 is 2.63 bits per heavy atom. The van der Waals surface area contributed by atoms with Gasteiger partial charge in [-0.3, -0.25) is 4.79 Å². The summed E-state index contributed by atoms with van der Waals surface area (Å²) in [5.74, 6) is -0.716. The quantitative estimate of drug-likeness (QED) is 0.834. The Morgan fingerprint density at radius 1 is 1.42 bits per heavy atom. The van der Waals surface area contributed by atoms with Gasteiger partial charge in [0.2, 0.25) is 0 Å². The molecular weight excluding hydrogens is 306 g/mol. The van der Waals surface area contributed by atoms with Crippen LogP contribution in [0.25, 0.3) is 0 Å². The molecule has 0 saturated heterocycles. The Bertz CT molecular complexity index is 434. The van der Waals surface area contributed by atoms with E-state index in [1.807, 2.05) is 45.3 Å². The first kappa shape index (κ1) is 16.2. The Balaban J connectivity index is 2.73. The lowest BCUT2D eigenvalue weighted by Gasteiger charge is -2.25. The minimum Gasteiger partial charge on any atom is -0.481 e. The van der Waals surface area contributed by atoms with Gasteiger partial charge in [-0.2, -0.15) is 0 Å². The summed E-state index contributed by atoms with van der Waals surface area (Å²) in [7, 11) is 4.01. The van der Waals surface area contributed by atoms with Crippen molar-refractivity contribution in [3.05, 3.63) is 34.3 Å². The Labute approximate surface area is 123 Å². The van der Waals surface area contributed by atoms with Gasteiger partial charge in [-0.05, 0) is 64.5 Å². The molecule has 0 aliphatic heterocycles. The second-order valence-electron chi connectivity index (χ2n) is 5.58. The monoisotopic (exact) mass is 327 g/mol. The highest BCUT2D eigenvalue weighted by Crippen LogP contribution is 2.29. The van der Waals surface area contributed by atoms with E-state index in [0.29, 0.717) is 12.8 Å². The van der Waals surface area contributed by atoms with Gasteiger partial charge in [-0.1, -0.05) is 28.1 Å². The van der Waals surface area contributed by atoms with Crippen LogP contribution in [0.4, 0.5) is 0 Å². The van der Waals surface area contributed by atoms with Crippen LogP contribution in [-0.4, -0.2) is 36.6 Å². The predicted octanol–water partition coefficient (Wildman–Crippen LogP) is 3.42. The SMILES string of the molecule is CN(C)CCCC(C)(Cc1cccc(Br)c1)C(=O)O. The number of nitrogens with zero attached hydrogens (tertiary/aromatic N) is 1. The molecule has 4 heteroatoms. The van der Waals surface area contributed by atoms with E-state index < -0.39 is 11.4 Å². The molecule has 1 aromatic carbocycles. The summed E-state index contributed by atoms with van der Waals surface area (Å²) in [6, 6.07) is 7.88. The highest BCUT2D eigenvalue weighted by atomic mass is 79.9. The van der Waals surface area contributed by atoms with Crippen molar-refractivity contribution >= 4 is 21.9 Å². The van der Waals surface area contributed by atoms with Crippen molar-refractivity contribution in [3.63, 3.8) is 0 Å². The molecular formula is C15H22BrNO2. The number of carboxylic acid groups (broad SMARTS) is 1. The Hall–Kier alpha value is -0.870. The third-order valence-corrected chi connectivity index (χ3v) is 3.83. The number of aliphatic carboxylic acids is 1. The molecule has 0 aliphatic carbocycles. The first-order valence-electron chi connectivity index (χ1n) is 6.46. The molecule has 1 N–H and O–H groups in total. The van der Waals surface area contributed by atoms with Gasteiger partial charge in [-0.15, -0.1) is 0 Å². The molecule has 0 aliphatic rings. The van der Waals surface area contributed by atoms with E-state index in [1.54, 1.807) is 0 Å². The number of hydrogen-bond acceptors (Lipinski definition) is 2. The molecule has 1 unspecified atom stereocenters. The van der Waals surface area contributed by atoms with Gasteiger partial charge in [0, 0.05) is 4.47 Å². The van der Waals surface area contributed by atoms with Crippen LogP contribution >= 0.6 is 15.9 Å². The van der Waals surface area contributed by atoms with Gasteiger partial charge in [-0.25, -0.2) is 0 Å². The molecule has 0 aromatic heterocycles. The van der Waals surface area contributed by atoms with Crippen molar-refractivity contribution in [1.82, 2.24) is 4.90 Å². The normalized spacial score (nSPS) is 14.4. The summed E-state index contributed by atoms with van der Waals surface area (Å²) in [5, 5.41) is 9.50. The Morgan fingerprint density at radius 2 is 2.11 bits per heavy atom. The lowest BCUT2D eigenvalue weighted by Crippen LogP contribution is -2.31. The molecule has 0 amide bonds. The average Bonchev–Trinajstić information content (AvgIpc) is 2.28. The molecule has 0 spiro atoms. The number of carboxylic acids is 1. The zero-order valence-electron chi connectivity index (χ0n) is 11.8. The molecule has 3 nitrogen and oxygen atoms in total. The number of benzene rings is 1. The van der Waals surface area contributed by atoms with Crippen LogP contribution in [-0.2, 0) is 11.2 Å². The van der Waals surface area contributed by atoms with Crippen molar-refractivity contribution in [2.75, 3.05) is 20.6 Å². The molecule has 0 fully saturated rings. The van der Waals surface area contributed by atoms with Crippen molar-refractivity contribution in [3.8, 4) is 0 Å². The van der Waals surface area contributed by atoms with Crippen LogP contribution in [0.1, 0.15) is 25.3 Å². The standard InChI is InChI=1S/C15H22BrNO2/c1-15(14(18)19,8-5-9-17(2)3)11-12-6-4-7-13(16)10-12/h4,6-7,10H,5,8-9,11H2,1-3H3,(H,18,19). The molecule has 1 rings (SSSR count). The minimum absolute atomic E-state index is 0.565. The molecule has 1 aromatic rings. The summed E-state index contributed by atoms with van der Waals surface area (Å²) in [6.07, 6.45) is 2.14. The van der Waals surface area contributed by atoms with Crippen molar-refractivity contribution in [2.24, 2.45) is 5.41 Å². The number of rotatable bonds is 7. The van der Waals surface area contributed by atoms with Crippen LogP contribution in [0.5, 0.6) is 0 Å². The predicted molar refractivity (Wildman–Crippen MR) is 81.4 cm³/mol. The number of hydrogen-bond donors (Lipinski definition) is 1. The van der Waals surface area contributed by atoms with E-state index in [-0.39, 0.29) is 0 Å². The molecule has 19 heavy (non-hydrogen) atoms. The summed E-state index contributed by atoms with van der Waals surface area (Å²) in [6.45, 7) is 2.76. The first-order chi connectivity index (χ1) is 8.83. The number of halogens is 1. The van der Waals surface area contributed by atoms with E-state index in [0.717, 1.165) is 23.0 Å². The van der Waals surface area contributed by atoms with Gasteiger partial charge >= 0.3 is 5.97 Å². The van der Waals surface area contributed by atoms with Crippen molar-refractivity contribution in [2.45, 2.75) is 26.2 Å². The lowest BCUT2D eigenvalue weighted by atomic mass is 9.79. The van der Waals surface area contributed by atoms with E-state index >= 15 is 0 Å². The highest BCUT2D eigenvalue weighted by molar-refractivity contribution is 9.10. The fourth-order valence-electron chi connectivity index (χ4n) is 2.15. The molecule has 0 heterocycles. The maximum Gasteiger partial charge on any atom is 0.309 e.